The monoisotopic (exact) mass is 314 g/mol. The Balaban J connectivity index is 1.46. The number of rotatable bonds is 2. The lowest BCUT2D eigenvalue weighted by atomic mass is 10.1. The number of ether oxygens (including phenoxy) is 2. The number of aliphatic hydroxyl groups excluding tert-OH is 1. The zero-order valence-electron chi connectivity index (χ0n) is 12.4. The van der Waals surface area contributed by atoms with Gasteiger partial charge in [0, 0.05) is 5.39 Å². The molecule has 4 atom stereocenters. The molecule has 2 aromatic carbocycles. The first kappa shape index (κ1) is 14.4. The lowest BCUT2D eigenvalue weighted by Gasteiger charge is -2.18. The molecule has 0 aromatic heterocycles. The lowest BCUT2D eigenvalue weighted by Crippen LogP contribution is -2.46. The number of urea groups is 1. The summed E-state index contributed by atoms with van der Waals surface area (Å²) < 4.78 is 11.0. The normalized spacial score (nSPS) is 29.4. The third-order valence-electron chi connectivity index (χ3n) is 4.38. The van der Waals surface area contributed by atoms with Crippen molar-refractivity contribution < 1.29 is 19.4 Å². The van der Waals surface area contributed by atoms with Crippen LogP contribution in [0.15, 0.2) is 42.5 Å². The molecule has 2 amide bonds. The Morgan fingerprint density at radius 3 is 2.74 bits per heavy atom. The van der Waals surface area contributed by atoms with E-state index in [0.717, 1.165) is 16.5 Å². The maximum absolute atomic E-state index is 12.3. The maximum Gasteiger partial charge on any atom is 0.319 e. The highest BCUT2D eigenvalue weighted by Gasteiger charge is 2.47. The molecule has 4 rings (SSSR count). The molecule has 6 nitrogen and oxygen atoms in total. The quantitative estimate of drug-likeness (QED) is 0.784. The van der Waals surface area contributed by atoms with E-state index in [4.69, 9.17) is 9.47 Å². The molecule has 2 aromatic rings. The van der Waals surface area contributed by atoms with E-state index in [1.807, 2.05) is 42.5 Å². The van der Waals surface area contributed by atoms with Gasteiger partial charge in [0.1, 0.15) is 18.3 Å². The number of anilines is 1. The van der Waals surface area contributed by atoms with Crippen LogP contribution in [-0.4, -0.2) is 48.7 Å². The molecule has 0 spiro atoms. The molecule has 3 N–H and O–H groups in total. The average Bonchev–Trinajstić information content (AvgIpc) is 3.12. The molecule has 2 fully saturated rings. The SMILES string of the molecule is O=C(Nc1cccc2ccccc12)N[C@H]1CO[C@H]2[C@@H]1OC[C@H]2O. The number of amides is 2. The second-order valence-electron chi connectivity index (χ2n) is 5.89. The Morgan fingerprint density at radius 2 is 1.83 bits per heavy atom. The first-order chi connectivity index (χ1) is 11.2. The van der Waals surface area contributed by atoms with Crippen molar-refractivity contribution in [3.63, 3.8) is 0 Å². The summed E-state index contributed by atoms with van der Waals surface area (Å²) in [5.41, 5.74) is 0.753. The van der Waals surface area contributed by atoms with Crippen LogP contribution < -0.4 is 10.6 Å². The van der Waals surface area contributed by atoms with Crippen molar-refractivity contribution in [2.24, 2.45) is 0 Å². The molecule has 2 heterocycles. The average molecular weight is 314 g/mol. The number of carbonyl (C=O) groups excluding carboxylic acids is 1. The Hall–Kier alpha value is -2.15. The molecular formula is C17H18N2O4. The molecule has 2 saturated heterocycles. The largest absolute Gasteiger partial charge is 0.388 e. The van der Waals surface area contributed by atoms with Crippen LogP contribution in [0.2, 0.25) is 0 Å². The minimum atomic E-state index is -0.618. The molecule has 0 bridgehead atoms. The third-order valence-corrected chi connectivity index (χ3v) is 4.38. The summed E-state index contributed by atoms with van der Waals surface area (Å²) in [4.78, 5) is 12.3. The van der Waals surface area contributed by atoms with Crippen LogP contribution in [0.5, 0.6) is 0 Å². The zero-order valence-corrected chi connectivity index (χ0v) is 12.4. The fraction of sp³-hybridized carbons (Fsp3) is 0.353. The Morgan fingerprint density at radius 1 is 1.04 bits per heavy atom. The van der Waals surface area contributed by atoms with Gasteiger partial charge >= 0.3 is 6.03 Å². The standard InChI is InChI=1S/C17H18N2O4/c20-14-9-23-15-13(8-22-16(14)15)19-17(21)18-12-7-3-5-10-4-1-2-6-11(10)12/h1-7,13-16,20H,8-9H2,(H2,18,19,21)/t13-,14+,15+,16+/m0/s1. The Bertz CT molecular complexity index is 730. The van der Waals surface area contributed by atoms with E-state index in [1.54, 1.807) is 0 Å². The summed E-state index contributed by atoms with van der Waals surface area (Å²) in [5.74, 6) is 0. The molecule has 0 radical (unpaired) electrons. The van der Waals surface area contributed by atoms with E-state index in [1.165, 1.54) is 0 Å². The zero-order chi connectivity index (χ0) is 15.8. The fourth-order valence-electron chi connectivity index (χ4n) is 3.26. The molecular weight excluding hydrogens is 296 g/mol. The number of carbonyl (C=O) groups is 1. The van der Waals surface area contributed by atoms with Gasteiger partial charge in [0.2, 0.25) is 0 Å². The predicted octanol–water partition coefficient (Wildman–Crippen LogP) is 1.49. The minimum Gasteiger partial charge on any atom is -0.388 e. The molecule has 0 aliphatic carbocycles. The van der Waals surface area contributed by atoms with Gasteiger partial charge in [-0.15, -0.1) is 0 Å². The van der Waals surface area contributed by atoms with Crippen molar-refractivity contribution in [1.29, 1.82) is 0 Å². The molecule has 6 heteroatoms. The molecule has 2 aliphatic heterocycles. The maximum atomic E-state index is 12.3. The topological polar surface area (TPSA) is 79.8 Å². The molecule has 0 unspecified atom stereocenters. The number of nitrogens with one attached hydrogen (secondary N) is 2. The van der Waals surface area contributed by atoms with Gasteiger partial charge in [-0.3, -0.25) is 0 Å². The number of fused-ring (bicyclic) bond motifs is 2. The summed E-state index contributed by atoms with van der Waals surface area (Å²) in [7, 11) is 0. The smallest absolute Gasteiger partial charge is 0.319 e. The number of hydrogen-bond acceptors (Lipinski definition) is 4. The van der Waals surface area contributed by atoms with Crippen molar-refractivity contribution in [3.8, 4) is 0 Å². The second-order valence-corrected chi connectivity index (χ2v) is 5.89. The van der Waals surface area contributed by atoms with Gasteiger partial charge in [-0.1, -0.05) is 36.4 Å². The molecule has 120 valence electrons. The van der Waals surface area contributed by atoms with Crippen LogP contribution in [0, 0.1) is 0 Å². The highest BCUT2D eigenvalue weighted by molar-refractivity contribution is 6.01. The van der Waals surface area contributed by atoms with Crippen molar-refractivity contribution >= 4 is 22.5 Å². The lowest BCUT2D eigenvalue weighted by molar-refractivity contribution is 0.0180. The highest BCUT2D eigenvalue weighted by Crippen LogP contribution is 2.27. The minimum absolute atomic E-state index is 0.248. The van der Waals surface area contributed by atoms with Gasteiger partial charge in [0.25, 0.3) is 0 Å². The summed E-state index contributed by atoms with van der Waals surface area (Å²) in [5, 5.41) is 17.5. The molecule has 2 aliphatic rings. The summed E-state index contributed by atoms with van der Waals surface area (Å²) >= 11 is 0. The highest BCUT2D eigenvalue weighted by atomic mass is 16.6. The molecule has 0 saturated carbocycles. The van der Waals surface area contributed by atoms with Crippen molar-refractivity contribution in [3.05, 3.63) is 42.5 Å². The second kappa shape index (κ2) is 5.81. The van der Waals surface area contributed by atoms with Gasteiger partial charge in [-0.2, -0.15) is 0 Å². The third kappa shape index (κ3) is 2.65. The van der Waals surface area contributed by atoms with E-state index >= 15 is 0 Å². The summed E-state index contributed by atoms with van der Waals surface area (Å²) in [6, 6.07) is 13.1. The number of aliphatic hydroxyl groups is 1. The van der Waals surface area contributed by atoms with Crippen LogP contribution in [0.1, 0.15) is 0 Å². The number of hydrogen-bond donors (Lipinski definition) is 3. The van der Waals surface area contributed by atoms with E-state index in [-0.39, 0.29) is 30.9 Å². The summed E-state index contributed by atoms with van der Waals surface area (Å²) in [6.07, 6.45) is -1.26. The first-order valence-corrected chi connectivity index (χ1v) is 7.69. The van der Waals surface area contributed by atoms with Gasteiger partial charge in [-0.05, 0) is 11.5 Å². The molecule has 23 heavy (non-hydrogen) atoms. The van der Waals surface area contributed by atoms with Gasteiger partial charge in [0.15, 0.2) is 0 Å². The van der Waals surface area contributed by atoms with Crippen LogP contribution in [0.3, 0.4) is 0 Å². The van der Waals surface area contributed by atoms with Gasteiger partial charge in [0.05, 0.1) is 24.9 Å². The van der Waals surface area contributed by atoms with Crippen molar-refractivity contribution in [2.75, 3.05) is 18.5 Å². The van der Waals surface area contributed by atoms with Crippen LogP contribution in [0.4, 0.5) is 10.5 Å². The van der Waals surface area contributed by atoms with E-state index in [2.05, 4.69) is 10.6 Å². The van der Waals surface area contributed by atoms with Gasteiger partial charge in [-0.25, -0.2) is 4.79 Å². The van der Waals surface area contributed by atoms with Crippen LogP contribution in [-0.2, 0) is 9.47 Å². The van der Waals surface area contributed by atoms with Crippen molar-refractivity contribution in [1.82, 2.24) is 5.32 Å². The number of benzene rings is 2. The predicted molar refractivity (Wildman–Crippen MR) is 85.4 cm³/mol. The van der Waals surface area contributed by atoms with Crippen LogP contribution >= 0.6 is 0 Å². The van der Waals surface area contributed by atoms with Crippen LogP contribution in [0.25, 0.3) is 10.8 Å². The van der Waals surface area contributed by atoms with E-state index < -0.39 is 6.10 Å². The summed E-state index contributed by atoms with van der Waals surface area (Å²) in [6.45, 7) is 0.591. The Labute approximate surface area is 133 Å². The Kier molecular flexibility index (Phi) is 3.65. The van der Waals surface area contributed by atoms with Crippen molar-refractivity contribution in [2.45, 2.75) is 24.4 Å². The fourth-order valence-corrected chi connectivity index (χ4v) is 3.26. The first-order valence-electron chi connectivity index (χ1n) is 7.69. The van der Waals surface area contributed by atoms with E-state index in [0.29, 0.717) is 6.61 Å². The van der Waals surface area contributed by atoms with E-state index in [9.17, 15) is 9.90 Å². The van der Waals surface area contributed by atoms with Gasteiger partial charge < -0.3 is 25.2 Å².